The molecule has 26 heteroatoms. The van der Waals surface area contributed by atoms with Gasteiger partial charge in [0.15, 0.2) is 0 Å². The third-order valence-electron chi connectivity index (χ3n) is 16.7. The van der Waals surface area contributed by atoms with Gasteiger partial charge in [0.1, 0.15) is 67.0 Å². The monoisotopic (exact) mass is 1300 g/mol. The van der Waals surface area contributed by atoms with Gasteiger partial charge in [0, 0.05) is 56.3 Å². The Bertz CT molecular complexity index is 2580. The zero-order valence-electron chi connectivity index (χ0n) is 59.7. The zero-order valence-corrected chi connectivity index (χ0v) is 59.7. The first kappa shape index (κ1) is 83.1. The number of hydrogen-bond acceptors (Lipinski definition) is 15. The number of allylic oxidation sites excluding steroid dienone is 2. The fraction of sp³-hybridized carbons (Fsp3) is 0.758. The summed E-state index contributed by atoms with van der Waals surface area (Å²) in [4.78, 5) is 181. The van der Waals surface area contributed by atoms with Crippen LogP contribution < -0.4 is 21.3 Å². The number of nitrogens with one attached hydrogen (secondary N) is 4. The summed E-state index contributed by atoms with van der Waals surface area (Å²) in [7, 11) is 9.66. The lowest BCUT2D eigenvalue weighted by Gasteiger charge is -2.41. The minimum Gasteiger partial charge on any atom is -0.462 e. The molecule has 0 bridgehead atoms. The highest BCUT2D eigenvalue weighted by Crippen LogP contribution is 2.26. The van der Waals surface area contributed by atoms with Crippen LogP contribution in [0.3, 0.4) is 0 Å². The highest BCUT2D eigenvalue weighted by atomic mass is 16.5. The van der Waals surface area contributed by atoms with Gasteiger partial charge < -0.3 is 70.1 Å². The molecule has 26 nitrogen and oxygen atoms in total. The van der Waals surface area contributed by atoms with Crippen molar-refractivity contribution in [2.24, 2.45) is 35.5 Å². The number of carbonyl (C=O) groups is 12. The van der Waals surface area contributed by atoms with E-state index in [4.69, 9.17) is 9.47 Å². The van der Waals surface area contributed by atoms with Crippen molar-refractivity contribution in [1.29, 1.82) is 0 Å². The van der Waals surface area contributed by atoms with Gasteiger partial charge in [-0.25, -0.2) is 0 Å². The fourth-order valence-electron chi connectivity index (χ4n) is 11.1. The maximum absolute atomic E-state index is 15.2. The number of amides is 11. The number of nitrogens with zero attached hydrogens (tertiary/aromatic N) is 7. The maximum Gasteiger partial charge on any atom is 0.302 e. The predicted octanol–water partition coefficient (Wildman–Crippen LogP) is 2.75. The Morgan fingerprint density at radius 2 is 0.989 bits per heavy atom. The second-order valence-corrected chi connectivity index (χ2v) is 26.7. The van der Waals surface area contributed by atoms with E-state index in [0.717, 1.165) is 14.7 Å². The van der Waals surface area contributed by atoms with Crippen LogP contribution in [0.25, 0.3) is 0 Å². The number of esters is 1. The molecule has 0 radical (unpaired) electrons. The number of likely N-dealkylation sites (N-methyl/N-ethyl adjacent to an activating group) is 7. The largest absolute Gasteiger partial charge is 0.462 e. The molecule has 0 aromatic carbocycles. The van der Waals surface area contributed by atoms with Gasteiger partial charge in [-0.1, -0.05) is 101 Å². The minimum absolute atomic E-state index is 0.0302. The van der Waals surface area contributed by atoms with E-state index < -0.39 is 168 Å². The van der Waals surface area contributed by atoms with E-state index in [0.29, 0.717) is 0 Å². The summed E-state index contributed by atoms with van der Waals surface area (Å²) in [5.74, 6) is -11.0. The van der Waals surface area contributed by atoms with Gasteiger partial charge >= 0.3 is 5.97 Å². The highest BCUT2D eigenvalue weighted by Gasteiger charge is 2.46. The van der Waals surface area contributed by atoms with Crippen LogP contribution in [0.1, 0.15) is 150 Å². The number of carbonyl (C=O) groups excluding carboxylic acids is 12. The smallest absolute Gasteiger partial charge is 0.302 e. The molecule has 92 heavy (non-hydrogen) atoms. The molecule has 13 atom stereocenters. The summed E-state index contributed by atoms with van der Waals surface area (Å²) >= 11 is 0. The molecule has 1 aliphatic heterocycles. The van der Waals surface area contributed by atoms with Gasteiger partial charge in [0.25, 0.3) is 0 Å². The molecule has 11 amide bonds. The summed E-state index contributed by atoms with van der Waals surface area (Å²) in [6, 6.07) is -13.1. The van der Waals surface area contributed by atoms with Crippen LogP contribution in [0.5, 0.6) is 0 Å². The molecule has 0 aliphatic carbocycles. The first-order chi connectivity index (χ1) is 42.6. The number of hydrogen-bond donors (Lipinski definition) is 5. The van der Waals surface area contributed by atoms with Crippen LogP contribution in [0, 0.1) is 35.5 Å². The third-order valence-corrected chi connectivity index (χ3v) is 16.7. The van der Waals surface area contributed by atoms with Crippen molar-refractivity contribution in [1.82, 2.24) is 55.6 Å². The standard InChI is InChI=1S/C66H115N11O15/c1-25-27-30-42(13)56(80)55-60(84)69-47(26-2)62(86)71(18)36-51(79)75(22)54(45(16)91-31-28-29-32-92-46(17)78)59(83)70-52(40(9)10)65(89)72(19)48(33-37(3)4)58(82)67-43(14)57(81)68-44(15)61(85)73(20)49(34-38(5)6)63(87)74(21)50(35-39(7)8)64(88)76(23)53(41(11)12)66(90)77(55)24/h25,27-29,37-45,47-50,52-56,80H,26,30-36H2,1-24H3,(H,67,82)(H,68,81)(H,69,84)(H,70,83)/t42-,43+,44-,45-,47+,48+,49+,50-,52+,53+,54+,55+,56-/m1/s1. The number of aliphatic hydroxyl groups is 1. The van der Waals surface area contributed by atoms with Gasteiger partial charge in [0.2, 0.25) is 65.0 Å². The summed E-state index contributed by atoms with van der Waals surface area (Å²) in [5, 5.41) is 23.0. The molecule has 0 saturated carbocycles. The fourth-order valence-corrected chi connectivity index (χ4v) is 11.1. The summed E-state index contributed by atoms with van der Waals surface area (Å²) in [5.41, 5.74) is 0. The lowest BCUT2D eigenvalue weighted by molar-refractivity contribution is -0.157. The van der Waals surface area contributed by atoms with Crippen molar-refractivity contribution in [3.63, 3.8) is 0 Å². The van der Waals surface area contributed by atoms with Crippen molar-refractivity contribution < 1.29 is 72.1 Å². The lowest BCUT2D eigenvalue weighted by Crippen LogP contribution is -2.63. The SMILES string of the molecule is CC=CC[C@@H](C)[C@@H](O)[C@H]1C(=O)N[C@@H](CC)C(=O)N(C)CC(=O)N(C)[C@@H]([C@@H](C)OCC=CCOC(C)=O)C(=O)N[C@@H](C(C)C)C(=O)N(C)[C@@H](CC(C)C)C(=O)N[C@@H](C)C(=O)N[C@H](C)C(=O)N(C)[C@@H](CC(C)C)C(=O)N(C)[C@H](CC(C)C)C(=O)N(C)[C@@H](C(C)C)C(=O)N1C. The normalized spacial score (nSPS) is 26.1. The Labute approximate surface area is 548 Å². The Hall–Kier alpha value is -6.96. The molecule has 1 saturated heterocycles. The second kappa shape index (κ2) is 38.9. The predicted molar refractivity (Wildman–Crippen MR) is 350 cm³/mol. The lowest BCUT2D eigenvalue weighted by atomic mass is 9.91. The van der Waals surface area contributed by atoms with E-state index in [-0.39, 0.29) is 63.1 Å². The Balaban J connectivity index is 4.40. The molecule has 0 aromatic heterocycles. The van der Waals surface area contributed by atoms with E-state index in [1.807, 2.05) is 41.5 Å². The van der Waals surface area contributed by atoms with Crippen LogP contribution in [0.15, 0.2) is 24.3 Å². The molecule has 0 unspecified atom stereocenters. The molecular weight excluding hydrogens is 1190 g/mol. The molecular formula is C66H115N11O15. The molecule has 0 aromatic rings. The van der Waals surface area contributed by atoms with E-state index >= 15 is 9.59 Å². The summed E-state index contributed by atoms with van der Waals surface area (Å²) in [6.45, 7) is 27.7. The topological polar surface area (TPSA) is 314 Å². The van der Waals surface area contributed by atoms with Crippen LogP contribution >= 0.6 is 0 Å². The maximum atomic E-state index is 15.2. The van der Waals surface area contributed by atoms with Crippen LogP contribution in [0.2, 0.25) is 0 Å². The average molecular weight is 1300 g/mol. The van der Waals surface area contributed by atoms with Crippen molar-refractivity contribution in [2.45, 2.75) is 222 Å². The Kier molecular flexibility index (Phi) is 35.1. The molecule has 1 aliphatic rings. The van der Waals surface area contributed by atoms with Crippen LogP contribution in [0.4, 0.5) is 0 Å². The average Bonchev–Trinajstić information content (AvgIpc) is 0.831. The van der Waals surface area contributed by atoms with Crippen molar-refractivity contribution >= 4 is 70.9 Å². The molecule has 524 valence electrons. The Morgan fingerprint density at radius 3 is 1.48 bits per heavy atom. The summed E-state index contributed by atoms with van der Waals surface area (Å²) < 4.78 is 11.0. The first-order valence-electron chi connectivity index (χ1n) is 32.4. The summed E-state index contributed by atoms with van der Waals surface area (Å²) in [6.07, 6.45) is 4.59. The van der Waals surface area contributed by atoms with Crippen LogP contribution in [-0.4, -0.2) is 252 Å². The molecule has 1 heterocycles. The van der Waals surface area contributed by atoms with Crippen LogP contribution in [-0.2, 0) is 67.0 Å². The van der Waals surface area contributed by atoms with Crippen molar-refractivity contribution in [3.8, 4) is 0 Å². The number of rotatable bonds is 19. The van der Waals surface area contributed by atoms with E-state index in [9.17, 15) is 53.1 Å². The van der Waals surface area contributed by atoms with E-state index in [2.05, 4.69) is 21.3 Å². The van der Waals surface area contributed by atoms with E-state index in [1.165, 1.54) is 109 Å². The van der Waals surface area contributed by atoms with Gasteiger partial charge in [-0.05, 0) is 101 Å². The Morgan fingerprint density at radius 1 is 0.522 bits per heavy atom. The number of ether oxygens (including phenoxy) is 2. The van der Waals surface area contributed by atoms with Gasteiger partial charge in [-0.2, -0.15) is 0 Å². The zero-order chi connectivity index (χ0) is 71.1. The highest BCUT2D eigenvalue weighted by molar-refractivity contribution is 5.99. The van der Waals surface area contributed by atoms with E-state index in [1.54, 1.807) is 60.6 Å². The van der Waals surface area contributed by atoms with Gasteiger partial charge in [-0.3, -0.25) is 57.5 Å². The van der Waals surface area contributed by atoms with Gasteiger partial charge in [0.05, 0.1) is 25.4 Å². The minimum atomic E-state index is -1.65. The van der Waals surface area contributed by atoms with Crippen molar-refractivity contribution in [3.05, 3.63) is 24.3 Å². The van der Waals surface area contributed by atoms with Crippen molar-refractivity contribution in [2.75, 3.05) is 69.1 Å². The molecule has 1 rings (SSSR count). The quantitative estimate of drug-likeness (QED) is 0.0918. The third kappa shape index (κ3) is 24.2. The molecule has 0 spiro atoms. The molecule has 1 fully saturated rings. The second-order valence-electron chi connectivity index (χ2n) is 26.7. The number of aliphatic hydroxyl groups excluding tert-OH is 1. The first-order valence-corrected chi connectivity index (χ1v) is 32.4. The van der Waals surface area contributed by atoms with Gasteiger partial charge in [-0.15, -0.1) is 0 Å². The molecule has 5 N–H and O–H groups in total.